The van der Waals surface area contributed by atoms with E-state index in [0.29, 0.717) is 50.3 Å². The first-order chi connectivity index (χ1) is 19.6. The molecule has 1 unspecified atom stereocenters. The van der Waals surface area contributed by atoms with Crippen molar-refractivity contribution in [1.82, 2.24) is 9.97 Å². The Hall–Kier alpha value is -3.43. The minimum absolute atomic E-state index is 0.0463. The van der Waals surface area contributed by atoms with Crippen molar-refractivity contribution in [3.05, 3.63) is 88.7 Å². The van der Waals surface area contributed by atoms with Crippen molar-refractivity contribution in [2.75, 3.05) is 12.3 Å². The quantitative estimate of drug-likeness (QED) is 0.0932. The van der Waals surface area contributed by atoms with Gasteiger partial charge in [-0.1, -0.05) is 51.1 Å². The summed E-state index contributed by atoms with van der Waals surface area (Å²) in [5.41, 5.74) is 8.28. The molecule has 1 atom stereocenters. The Morgan fingerprint density at radius 1 is 1.00 bits per heavy atom. The first-order valence-electron chi connectivity index (χ1n) is 13.7. The van der Waals surface area contributed by atoms with Gasteiger partial charge < -0.3 is 14.9 Å². The average molecular weight is 592 g/mol. The molecule has 2 N–H and O–H groups in total. The van der Waals surface area contributed by atoms with E-state index >= 15 is 0 Å². The molecule has 0 spiro atoms. The summed E-state index contributed by atoms with van der Waals surface area (Å²) in [5.74, 6) is 2.54. The molecular formula is C32H37N3O4S2. The molecule has 0 fully saturated rings. The minimum atomic E-state index is -0.0818. The third-order valence-corrected chi connectivity index (χ3v) is 8.64. The van der Waals surface area contributed by atoms with E-state index < -0.39 is 0 Å². The molecule has 2 heterocycles. The van der Waals surface area contributed by atoms with Crippen molar-refractivity contribution >= 4 is 40.4 Å². The molecule has 0 radical (unpaired) electrons. The van der Waals surface area contributed by atoms with Gasteiger partial charge in [0, 0.05) is 30.4 Å². The Labute approximate surface area is 249 Å². The maximum atomic E-state index is 12.7. The smallest absolute Gasteiger partial charge is 0.207 e. The van der Waals surface area contributed by atoms with Crippen LogP contribution in [0.3, 0.4) is 0 Å². The lowest BCUT2D eigenvalue weighted by Gasteiger charge is -2.13. The number of para-hydroxylation sites is 1. The highest BCUT2D eigenvalue weighted by atomic mass is 32.2. The normalized spacial score (nSPS) is 12.3. The Morgan fingerprint density at radius 2 is 1.76 bits per heavy atom. The molecule has 2 aromatic heterocycles. The lowest BCUT2D eigenvalue weighted by Crippen LogP contribution is -2.09. The van der Waals surface area contributed by atoms with E-state index in [1.807, 2.05) is 54.7 Å². The zero-order chi connectivity index (χ0) is 29.4. The van der Waals surface area contributed by atoms with E-state index in [0.717, 1.165) is 31.9 Å². The highest BCUT2D eigenvalue weighted by Gasteiger charge is 2.22. The van der Waals surface area contributed by atoms with Crippen LogP contribution in [-0.2, 0) is 34.3 Å². The maximum Gasteiger partial charge on any atom is 0.207 e. The molecule has 2 aromatic carbocycles. The third-order valence-electron chi connectivity index (χ3n) is 6.42. The number of nitrogens with two attached hydrogens (primary N) is 1. The summed E-state index contributed by atoms with van der Waals surface area (Å²) in [6.07, 6.45) is 5.67. The number of ether oxygens (including phenoxy) is 1. The number of thioether (sulfide) groups is 1. The van der Waals surface area contributed by atoms with Gasteiger partial charge in [0.2, 0.25) is 5.89 Å². The second kappa shape index (κ2) is 14.0. The van der Waals surface area contributed by atoms with Crippen molar-refractivity contribution in [3.63, 3.8) is 0 Å². The van der Waals surface area contributed by atoms with Crippen molar-refractivity contribution in [3.8, 4) is 5.75 Å². The van der Waals surface area contributed by atoms with E-state index in [1.165, 1.54) is 11.3 Å². The molecule has 216 valence electrons. The second-order valence-electron chi connectivity index (χ2n) is 11.0. The number of nitrogens with zero attached hydrogens (tertiary/aromatic N) is 2. The van der Waals surface area contributed by atoms with E-state index in [-0.39, 0.29) is 22.2 Å². The number of hydrogen-bond donors (Lipinski definition) is 1. The Balaban J connectivity index is 1.17. The van der Waals surface area contributed by atoms with Gasteiger partial charge in [-0.25, -0.2) is 9.97 Å². The van der Waals surface area contributed by atoms with Gasteiger partial charge in [-0.05, 0) is 42.7 Å². The van der Waals surface area contributed by atoms with E-state index in [4.69, 9.17) is 14.9 Å². The SMILES string of the molecule is CC(Sc1cnc(CC(=O)Cc2ccc(OCCCC(=O)Cc3ccccc3N)cc2)s1)c1ncc(C(C)(C)C)o1. The van der Waals surface area contributed by atoms with E-state index in [9.17, 15) is 9.59 Å². The van der Waals surface area contributed by atoms with Gasteiger partial charge in [0.05, 0.1) is 34.9 Å². The number of nitrogen functional groups attached to an aromatic ring is 1. The average Bonchev–Trinajstić information content (AvgIpc) is 3.59. The summed E-state index contributed by atoms with van der Waals surface area (Å²) in [4.78, 5) is 33.9. The highest BCUT2D eigenvalue weighted by molar-refractivity contribution is 8.01. The fraction of sp³-hybridized carbons (Fsp3) is 0.375. The molecule has 0 amide bonds. The van der Waals surface area contributed by atoms with Gasteiger partial charge in [-0.2, -0.15) is 0 Å². The number of Topliss-reactive ketones (excluding diaryl/α,β-unsaturated/α-hetero) is 2. The van der Waals surface area contributed by atoms with Crippen LogP contribution in [-0.4, -0.2) is 28.1 Å². The second-order valence-corrected chi connectivity index (χ2v) is 13.8. The fourth-order valence-corrected chi connectivity index (χ4v) is 6.36. The first-order valence-corrected chi connectivity index (χ1v) is 15.4. The van der Waals surface area contributed by atoms with Crippen LogP contribution in [0.15, 0.2) is 69.6 Å². The van der Waals surface area contributed by atoms with Crippen LogP contribution in [0.25, 0.3) is 0 Å². The lowest BCUT2D eigenvalue weighted by molar-refractivity contribution is -0.119. The standard InChI is InChI=1S/C32H37N3O4S2/c1-21(31-35-19-28(39-31)32(2,3)4)40-30-20-34-29(41-30)18-25(37)16-22-11-13-26(14-12-22)38-15-7-9-24(36)17-23-8-5-6-10-27(23)33/h5-6,8,10-14,19-21H,7,9,15-18,33H2,1-4H3. The molecule has 41 heavy (non-hydrogen) atoms. The third kappa shape index (κ3) is 9.30. The largest absolute Gasteiger partial charge is 0.494 e. The molecule has 0 aliphatic carbocycles. The molecule has 0 aliphatic heterocycles. The highest BCUT2D eigenvalue weighted by Crippen LogP contribution is 2.38. The summed E-state index contributed by atoms with van der Waals surface area (Å²) in [5, 5.41) is 0.849. The number of hydrogen-bond acceptors (Lipinski definition) is 9. The Morgan fingerprint density at radius 3 is 2.46 bits per heavy atom. The number of thiazole rings is 1. The first kappa shape index (κ1) is 30.5. The number of rotatable bonds is 14. The number of carbonyl (C=O) groups is 2. The van der Waals surface area contributed by atoms with Crippen LogP contribution in [0.1, 0.15) is 73.6 Å². The number of anilines is 1. The van der Waals surface area contributed by atoms with Crippen molar-refractivity contribution in [2.45, 2.75) is 74.7 Å². The summed E-state index contributed by atoms with van der Waals surface area (Å²) in [7, 11) is 0. The molecule has 0 saturated heterocycles. The molecular weight excluding hydrogens is 555 g/mol. The van der Waals surface area contributed by atoms with Crippen molar-refractivity contribution in [1.29, 1.82) is 0 Å². The van der Waals surface area contributed by atoms with Gasteiger partial charge >= 0.3 is 0 Å². The molecule has 0 bridgehead atoms. The number of benzene rings is 2. The molecule has 0 saturated carbocycles. The molecule has 7 nitrogen and oxygen atoms in total. The van der Waals surface area contributed by atoms with Gasteiger partial charge in [-0.15, -0.1) is 23.1 Å². The van der Waals surface area contributed by atoms with Crippen LogP contribution in [0.4, 0.5) is 5.69 Å². The lowest BCUT2D eigenvalue weighted by atomic mass is 9.94. The molecule has 4 aromatic rings. The number of carbonyl (C=O) groups excluding carboxylic acids is 2. The zero-order valence-electron chi connectivity index (χ0n) is 24.0. The number of aromatic nitrogens is 2. The fourth-order valence-electron chi connectivity index (χ4n) is 4.09. The Kier molecular flexibility index (Phi) is 10.4. The predicted octanol–water partition coefficient (Wildman–Crippen LogP) is 7.19. The maximum absolute atomic E-state index is 12.7. The molecule has 0 aliphatic rings. The monoisotopic (exact) mass is 591 g/mol. The van der Waals surface area contributed by atoms with Gasteiger partial charge in [-0.3, -0.25) is 9.59 Å². The molecule has 4 rings (SSSR count). The van der Waals surface area contributed by atoms with Gasteiger partial charge in [0.25, 0.3) is 0 Å². The van der Waals surface area contributed by atoms with Crippen LogP contribution in [0.5, 0.6) is 5.75 Å². The summed E-state index contributed by atoms with van der Waals surface area (Å²) < 4.78 is 12.8. The van der Waals surface area contributed by atoms with Crippen molar-refractivity contribution < 1.29 is 18.7 Å². The summed E-state index contributed by atoms with van der Waals surface area (Å²) in [6.45, 7) is 8.80. The number of oxazole rings is 1. The predicted molar refractivity (Wildman–Crippen MR) is 165 cm³/mol. The summed E-state index contributed by atoms with van der Waals surface area (Å²) in [6, 6.07) is 15.0. The van der Waals surface area contributed by atoms with E-state index in [1.54, 1.807) is 18.0 Å². The van der Waals surface area contributed by atoms with Crippen LogP contribution in [0.2, 0.25) is 0 Å². The Bertz CT molecular complexity index is 1450. The zero-order valence-corrected chi connectivity index (χ0v) is 25.6. The van der Waals surface area contributed by atoms with E-state index in [2.05, 4.69) is 37.7 Å². The van der Waals surface area contributed by atoms with Gasteiger partial charge in [0.15, 0.2) is 0 Å². The number of ketones is 2. The minimum Gasteiger partial charge on any atom is -0.494 e. The van der Waals surface area contributed by atoms with Gasteiger partial charge in [0.1, 0.15) is 28.1 Å². The van der Waals surface area contributed by atoms with Crippen LogP contribution in [0, 0.1) is 0 Å². The summed E-state index contributed by atoms with van der Waals surface area (Å²) >= 11 is 3.17. The van der Waals surface area contributed by atoms with Crippen LogP contribution < -0.4 is 10.5 Å². The topological polar surface area (TPSA) is 108 Å². The van der Waals surface area contributed by atoms with Crippen molar-refractivity contribution in [2.24, 2.45) is 0 Å². The molecule has 9 heteroatoms. The van der Waals surface area contributed by atoms with Crippen LogP contribution >= 0.6 is 23.1 Å².